The summed E-state index contributed by atoms with van der Waals surface area (Å²) < 4.78 is 33.8. The van der Waals surface area contributed by atoms with Gasteiger partial charge in [-0.2, -0.15) is 0 Å². The lowest BCUT2D eigenvalue weighted by molar-refractivity contribution is 0.0721. The van der Waals surface area contributed by atoms with Crippen LogP contribution >= 0.6 is 11.8 Å². The van der Waals surface area contributed by atoms with Crippen molar-refractivity contribution in [2.45, 2.75) is 38.0 Å². The number of carbonyl (C=O) groups is 1. The summed E-state index contributed by atoms with van der Waals surface area (Å²) in [5.41, 5.74) is 4.45. The quantitative estimate of drug-likeness (QED) is 0.744. The number of anilines is 1. The number of aliphatic imine (C=N–C) groups is 1. The minimum atomic E-state index is -1.21. The molecule has 0 unspecified atom stereocenters. The molecular formula is C18H23F2N3O3S. The average molecular weight is 399 g/mol. The van der Waals surface area contributed by atoms with Gasteiger partial charge in [-0.05, 0) is 39.0 Å². The smallest absolute Gasteiger partial charge is 0.413 e. The van der Waals surface area contributed by atoms with Crippen molar-refractivity contribution in [1.29, 1.82) is 0 Å². The molecule has 0 saturated carbocycles. The molecule has 2 heterocycles. The molecule has 0 bridgehead atoms. The van der Waals surface area contributed by atoms with Crippen molar-refractivity contribution in [2.75, 3.05) is 24.8 Å². The molecule has 3 N–H and O–H groups in total. The number of benzene rings is 1. The molecule has 1 saturated heterocycles. The number of amides is 1. The largest absolute Gasteiger partial charge is 0.465 e. The Labute approximate surface area is 160 Å². The van der Waals surface area contributed by atoms with Crippen LogP contribution in [-0.4, -0.2) is 51.9 Å². The van der Waals surface area contributed by atoms with Crippen LogP contribution in [0.4, 0.5) is 19.3 Å². The van der Waals surface area contributed by atoms with Crippen molar-refractivity contribution in [2.24, 2.45) is 10.9 Å². The van der Waals surface area contributed by atoms with Gasteiger partial charge in [0.1, 0.15) is 18.0 Å². The Hall–Kier alpha value is -1.87. The van der Waals surface area contributed by atoms with Crippen molar-refractivity contribution >= 4 is 28.7 Å². The van der Waals surface area contributed by atoms with Crippen molar-refractivity contribution in [3.05, 3.63) is 29.6 Å². The number of alkyl halides is 1. The van der Waals surface area contributed by atoms with E-state index >= 15 is 0 Å². The predicted molar refractivity (Wildman–Crippen MR) is 101 cm³/mol. The molecule has 3 rings (SSSR count). The van der Waals surface area contributed by atoms with Gasteiger partial charge in [0, 0.05) is 28.5 Å². The number of nitrogen functional groups attached to an aromatic ring is 1. The van der Waals surface area contributed by atoms with Crippen molar-refractivity contribution in [1.82, 2.24) is 4.90 Å². The van der Waals surface area contributed by atoms with Crippen molar-refractivity contribution in [3.63, 3.8) is 0 Å². The maximum absolute atomic E-state index is 14.7. The zero-order chi connectivity index (χ0) is 20.0. The zero-order valence-electron chi connectivity index (χ0n) is 15.4. The second-order valence-electron chi connectivity index (χ2n) is 7.77. The molecule has 0 spiro atoms. The van der Waals surface area contributed by atoms with Crippen LogP contribution in [0.3, 0.4) is 0 Å². The number of amidine groups is 1. The summed E-state index contributed by atoms with van der Waals surface area (Å²) >= 11 is 1.22. The molecule has 0 aromatic heterocycles. The normalized spacial score (nSPS) is 27.8. The van der Waals surface area contributed by atoms with Gasteiger partial charge in [-0.3, -0.25) is 4.90 Å². The molecule has 1 aromatic rings. The van der Waals surface area contributed by atoms with Gasteiger partial charge in [-0.25, -0.2) is 18.6 Å². The Morgan fingerprint density at radius 1 is 1.52 bits per heavy atom. The lowest BCUT2D eigenvalue weighted by Crippen LogP contribution is -2.52. The number of hydrogen-bond acceptors (Lipinski definition) is 5. The van der Waals surface area contributed by atoms with Crippen molar-refractivity contribution < 1.29 is 23.4 Å². The van der Waals surface area contributed by atoms with E-state index in [2.05, 4.69) is 4.99 Å². The SMILES string of the molecule is CC(C)(C)N(C(=O)O)C1=N[C@@]2(c3cc(N)ccc3F)CO[C@H](CF)[C@H]2CS1. The molecule has 27 heavy (non-hydrogen) atoms. The molecule has 0 aliphatic carbocycles. The fraction of sp³-hybridized carbons (Fsp3) is 0.556. The lowest BCUT2D eigenvalue weighted by atomic mass is 9.79. The first-order valence-electron chi connectivity index (χ1n) is 8.59. The number of thioether (sulfide) groups is 1. The minimum absolute atomic E-state index is 0.0334. The topological polar surface area (TPSA) is 88.2 Å². The summed E-state index contributed by atoms with van der Waals surface area (Å²) in [7, 11) is 0. The third-order valence-corrected chi connectivity index (χ3v) is 5.99. The molecule has 2 aliphatic heterocycles. The Morgan fingerprint density at radius 3 is 2.81 bits per heavy atom. The Kier molecular flexibility index (Phi) is 5.11. The third kappa shape index (κ3) is 3.38. The highest BCUT2D eigenvalue weighted by Gasteiger charge is 2.55. The number of carboxylic acid groups (broad SMARTS) is 1. The second kappa shape index (κ2) is 6.94. The first-order chi connectivity index (χ1) is 12.6. The monoisotopic (exact) mass is 399 g/mol. The van der Waals surface area contributed by atoms with E-state index in [-0.39, 0.29) is 17.3 Å². The average Bonchev–Trinajstić information content (AvgIpc) is 2.94. The summed E-state index contributed by atoms with van der Waals surface area (Å²) in [5, 5.41) is 9.95. The molecule has 2 aliphatic rings. The van der Waals surface area contributed by atoms with E-state index in [4.69, 9.17) is 10.5 Å². The van der Waals surface area contributed by atoms with E-state index in [1.165, 1.54) is 30.0 Å². The molecule has 1 amide bonds. The molecule has 1 aromatic carbocycles. The van der Waals surface area contributed by atoms with Gasteiger partial charge in [0.15, 0.2) is 5.17 Å². The number of nitrogens with two attached hydrogens (primary N) is 1. The van der Waals surface area contributed by atoms with Gasteiger partial charge in [0.25, 0.3) is 0 Å². The third-order valence-electron chi connectivity index (χ3n) is 4.93. The Morgan fingerprint density at radius 2 is 2.22 bits per heavy atom. The fourth-order valence-corrected chi connectivity index (χ4v) is 5.15. The van der Waals surface area contributed by atoms with Crippen LogP contribution in [0.15, 0.2) is 23.2 Å². The second-order valence-corrected chi connectivity index (χ2v) is 8.76. The van der Waals surface area contributed by atoms with Crippen LogP contribution in [0.1, 0.15) is 26.3 Å². The van der Waals surface area contributed by atoms with Crippen molar-refractivity contribution in [3.8, 4) is 0 Å². The van der Waals surface area contributed by atoms with Gasteiger partial charge in [-0.15, -0.1) is 0 Å². The maximum Gasteiger partial charge on any atom is 0.413 e. The molecule has 3 atom stereocenters. The zero-order valence-corrected chi connectivity index (χ0v) is 16.2. The summed E-state index contributed by atoms with van der Waals surface area (Å²) in [6, 6.07) is 4.16. The number of fused-ring (bicyclic) bond motifs is 1. The summed E-state index contributed by atoms with van der Waals surface area (Å²) in [4.78, 5) is 17.7. The summed E-state index contributed by atoms with van der Waals surface area (Å²) in [6.07, 6.45) is -1.88. The molecule has 148 valence electrons. The Balaban J connectivity index is 2.19. The Bertz CT molecular complexity index is 784. The molecule has 1 fully saturated rings. The van der Waals surface area contributed by atoms with Gasteiger partial charge in [0.2, 0.25) is 0 Å². The van der Waals surface area contributed by atoms with E-state index in [1.54, 1.807) is 20.8 Å². The fourth-order valence-electron chi connectivity index (χ4n) is 3.63. The van der Waals surface area contributed by atoms with E-state index in [0.29, 0.717) is 11.4 Å². The first-order valence-corrected chi connectivity index (χ1v) is 9.57. The molecule has 9 heteroatoms. The standard InChI is InChI=1S/C18H23F2N3O3S/c1-17(2,3)23(16(24)25)15-22-18(11-6-10(21)4-5-13(11)20)9-26-14(7-19)12(18)8-27-15/h4-6,12,14H,7-9,21H2,1-3H3,(H,24,25)/t12-,14-,18-/m1/s1. The van der Waals surface area contributed by atoms with Gasteiger partial charge in [0.05, 0.1) is 12.7 Å². The van der Waals surface area contributed by atoms with Gasteiger partial charge >= 0.3 is 6.09 Å². The highest BCUT2D eigenvalue weighted by atomic mass is 32.2. The van der Waals surface area contributed by atoms with E-state index in [1.807, 2.05) is 0 Å². The minimum Gasteiger partial charge on any atom is -0.465 e. The van der Waals surface area contributed by atoms with Gasteiger partial charge in [-0.1, -0.05) is 11.8 Å². The van der Waals surface area contributed by atoms with Crippen LogP contribution in [0.5, 0.6) is 0 Å². The van der Waals surface area contributed by atoms with E-state index < -0.39 is 41.7 Å². The highest BCUT2D eigenvalue weighted by molar-refractivity contribution is 8.13. The van der Waals surface area contributed by atoms with Crippen LogP contribution in [-0.2, 0) is 10.3 Å². The number of hydrogen-bond donors (Lipinski definition) is 2. The number of nitrogens with zero attached hydrogens (tertiary/aromatic N) is 2. The molecule has 6 nitrogen and oxygen atoms in total. The van der Waals surface area contributed by atoms with Crippen LogP contribution < -0.4 is 5.73 Å². The van der Waals surface area contributed by atoms with Crippen LogP contribution in [0.2, 0.25) is 0 Å². The van der Waals surface area contributed by atoms with E-state index in [9.17, 15) is 18.7 Å². The van der Waals surface area contributed by atoms with Crippen LogP contribution in [0.25, 0.3) is 0 Å². The predicted octanol–water partition coefficient (Wildman–Crippen LogP) is 3.47. The van der Waals surface area contributed by atoms with Crippen LogP contribution in [0, 0.1) is 11.7 Å². The number of rotatable bonds is 2. The summed E-state index contributed by atoms with van der Waals surface area (Å²) in [6.45, 7) is 4.50. The first kappa shape index (κ1) is 19.9. The molecular weight excluding hydrogens is 376 g/mol. The van der Waals surface area contributed by atoms with Gasteiger partial charge < -0.3 is 15.6 Å². The highest BCUT2D eigenvalue weighted by Crippen LogP contribution is 2.49. The van der Waals surface area contributed by atoms with E-state index in [0.717, 1.165) is 4.90 Å². The maximum atomic E-state index is 14.7. The summed E-state index contributed by atoms with van der Waals surface area (Å²) in [5.74, 6) is -0.588. The lowest BCUT2D eigenvalue weighted by Gasteiger charge is -2.41. The number of ether oxygens (including phenoxy) is 1. The number of halogens is 2. The molecule has 0 radical (unpaired) electrons.